The lowest BCUT2D eigenvalue weighted by Crippen LogP contribution is -2.06. The number of nitrogens with zero attached hydrogens (tertiary/aromatic N) is 2. The van der Waals surface area contributed by atoms with E-state index in [1.54, 1.807) is 0 Å². The molecule has 0 aliphatic carbocycles. The molecule has 0 unspecified atom stereocenters. The lowest BCUT2D eigenvalue weighted by Gasteiger charge is -2.05. The van der Waals surface area contributed by atoms with E-state index in [0.29, 0.717) is 0 Å². The molecule has 0 aromatic carbocycles. The van der Waals surface area contributed by atoms with E-state index in [1.165, 1.54) is 0 Å². The molecule has 3 N–H and O–H groups in total. The molecule has 0 amide bonds. The number of hydrogen-bond acceptors (Lipinski definition) is 5. The number of halogens is 2. The maximum Gasteiger partial charge on any atom is 0.315 e. The van der Waals surface area contributed by atoms with Gasteiger partial charge in [0.2, 0.25) is 0 Å². The largest absolute Gasteiger partial charge is 0.393 e. The van der Waals surface area contributed by atoms with E-state index in [9.17, 15) is 18.9 Å². The van der Waals surface area contributed by atoms with E-state index in [-0.39, 0.29) is 0 Å². The Hall–Kier alpha value is -1.83. The Bertz CT molecular complexity index is 397. The SMILES string of the molecule is Nc1cc(C(F)F)nc(CO)c1[N+](=O)[O-]. The van der Waals surface area contributed by atoms with Crippen LogP contribution in [-0.4, -0.2) is 15.0 Å². The van der Waals surface area contributed by atoms with E-state index >= 15 is 0 Å². The first kappa shape index (κ1) is 11.2. The van der Waals surface area contributed by atoms with Crippen LogP contribution in [-0.2, 0) is 6.61 Å². The van der Waals surface area contributed by atoms with Crippen molar-refractivity contribution in [2.24, 2.45) is 0 Å². The Morgan fingerprint density at radius 2 is 2.27 bits per heavy atom. The molecular weight excluding hydrogens is 212 g/mol. The van der Waals surface area contributed by atoms with Crippen LogP contribution in [0.15, 0.2) is 6.07 Å². The summed E-state index contributed by atoms with van der Waals surface area (Å²) in [6, 6.07) is 0.724. The van der Waals surface area contributed by atoms with Gasteiger partial charge in [0.05, 0.1) is 11.5 Å². The van der Waals surface area contributed by atoms with Crippen LogP contribution in [0.3, 0.4) is 0 Å². The molecule has 15 heavy (non-hydrogen) atoms. The molecule has 0 radical (unpaired) electrons. The molecule has 0 bridgehead atoms. The molecule has 1 aromatic heterocycles. The van der Waals surface area contributed by atoms with Crippen LogP contribution in [0.25, 0.3) is 0 Å². The number of anilines is 1. The number of aromatic nitrogens is 1. The summed E-state index contributed by atoms with van der Waals surface area (Å²) in [4.78, 5) is 12.8. The van der Waals surface area contributed by atoms with Crippen LogP contribution < -0.4 is 5.73 Å². The Morgan fingerprint density at radius 1 is 1.67 bits per heavy atom. The number of nitrogens with two attached hydrogens (primary N) is 1. The molecule has 0 fully saturated rings. The van der Waals surface area contributed by atoms with Crippen molar-refractivity contribution in [1.82, 2.24) is 4.98 Å². The van der Waals surface area contributed by atoms with Gasteiger partial charge in [0.1, 0.15) is 17.1 Å². The van der Waals surface area contributed by atoms with Gasteiger partial charge in [0, 0.05) is 0 Å². The highest BCUT2D eigenvalue weighted by Gasteiger charge is 2.23. The molecule has 82 valence electrons. The fourth-order valence-corrected chi connectivity index (χ4v) is 1.07. The van der Waals surface area contributed by atoms with Crippen molar-refractivity contribution in [3.05, 3.63) is 27.6 Å². The van der Waals surface area contributed by atoms with Gasteiger partial charge in [0.25, 0.3) is 6.43 Å². The summed E-state index contributed by atoms with van der Waals surface area (Å²) in [6.07, 6.45) is -2.89. The molecule has 0 saturated heterocycles. The zero-order valence-corrected chi connectivity index (χ0v) is 7.35. The summed E-state index contributed by atoms with van der Waals surface area (Å²) < 4.78 is 24.5. The maximum atomic E-state index is 12.2. The Balaban J connectivity index is 3.37. The van der Waals surface area contributed by atoms with Gasteiger partial charge in [-0.05, 0) is 6.07 Å². The number of hydrogen-bond donors (Lipinski definition) is 2. The van der Waals surface area contributed by atoms with Crippen LogP contribution in [0.5, 0.6) is 0 Å². The molecule has 1 heterocycles. The molecule has 0 atom stereocenters. The van der Waals surface area contributed by atoms with Crippen molar-refractivity contribution in [3.63, 3.8) is 0 Å². The first-order valence-corrected chi connectivity index (χ1v) is 3.80. The first-order chi connectivity index (χ1) is 6.97. The number of pyridine rings is 1. The molecule has 0 saturated carbocycles. The average Bonchev–Trinajstić information content (AvgIpc) is 2.15. The van der Waals surface area contributed by atoms with Gasteiger partial charge in [-0.25, -0.2) is 13.8 Å². The number of alkyl halides is 2. The molecule has 1 aromatic rings. The first-order valence-electron chi connectivity index (χ1n) is 3.80. The molecule has 8 heteroatoms. The van der Waals surface area contributed by atoms with E-state index in [0.717, 1.165) is 6.07 Å². The van der Waals surface area contributed by atoms with Crippen LogP contribution in [0.4, 0.5) is 20.2 Å². The van der Waals surface area contributed by atoms with Gasteiger partial charge in [-0.3, -0.25) is 10.1 Å². The fraction of sp³-hybridized carbons (Fsp3) is 0.286. The minimum absolute atomic E-state index is 0.436. The van der Waals surface area contributed by atoms with E-state index in [4.69, 9.17) is 10.8 Å². The van der Waals surface area contributed by atoms with Crippen molar-refractivity contribution in [2.75, 3.05) is 5.73 Å². The average molecular weight is 219 g/mol. The number of rotatable bonds is 3. The van der Waals surface area contributed by atoms with Gasteiger partial charge in [0.15, 0.2) is 0 Å². The van der Waals surface area contributed by atoms with Gasteiger partial charge >= 0.3 is 5.69 Å². The number of nitrogen functional groups attached to an aromatic ring is 1. The summed E-state index contributed by atoms with van der Waals surface area (Å²) >= 11 is 0. The molecule has 1 rings (SSSR count). The minimum Gasteiger partial charge on any atom is -0.393 e. The molecular formula is C7H7F2N3O3. The Labute approximate surface area is 82.5 Å². The van der Waals surface area contributed by atoms with Crippen LogP contribution in [0.1, 0.15) is 17.8 Å². The zero-order chi connectivity index (χ0) is 11.6. The zero-order valence-electron chi connectivity index (χ0n) is 7.35. The second-order valence-electron chi connectivity index (χ2n) is 2.65. The molecule has 6 nitrogen and oxygen atoms in total. The van der Waals surface area contributed by atoms with E-state index in [2.05, 4.69) is 4.98 Å². The van der Waals surface area contributed by atoms with Crippen molar-refractivity contribution in [2.45, 2.75) is 13.0 Å². The third-order valence-electron chi connectivity index (χ3n) is 1.67. The van der Waals surface area contributed by atoms with Gasteiger partial charge in [-0.1, -0.05) is 0 Å². The fourth-order valence-electron chi connectivity index (χ4n) is 1.07. The van der Waals surface area contributed by atoms with Gasteiger partial charge < -0.3 is 10.8 Å². The molecule has 0 aliphatic rings. The van der Waals surface area contributed by atoms with E-state index < -0.39 is 40.7 Å². The topological polar surface area (TPSA) is 102 Å². The standard InChI is InChI=1S/C7H7F2N3O3/c8-7(9)4-1-3(10)6(12(14)15)5(2-13)11-4/h1,7,13H,2H2,(H2,10,11). The number of nitro groups is 1. The lowest BCUT2D eigenvalue weighted by atomic mass is 10.2. The third kappa shape index (κ3) is 2.15. The molecule has 0 spiro atoms. The second kappa shape index (κ2) is 4.13. The summed E-state index contributed by atoms with van der Waals surface area (Å²) in [6.45, 7) is -0.818. The highest BCUT2D eigenvalue weighted by molar-refractivity contribution is 5.61. The maximum absolute atomic E-state index is 12.2. The number of aliphatic hydroxyl groups is 1. The van der Waals surface area contributed by atoms with Crippen molar-refractivity contribution in [1.29, 1.82) is 0 Å². The van der Waals surface area contributed by atoms with Crippen LogP contribution >= 0.6 is 0 Å². The Morgan fingerprint density at radius 3 is 2.67 bits per heavy atom. The third-order valence-corrected chi connectivity index (χ3v) is 1.67. The highest BCUT2D eigenvalue weighted by Crippen LogP contribution is 2.29. The van der Waals surface area contributed by atoms with Crippen LogP contribution in [0.2, 0.25) is 0 Å². The van der Waals surface area contributed by atoms with Crippen molar-refractivity contribution >= 4 is 11.4 Å². The molecule has 0 aliphatic heterocycles. The lowest BCUT2D eigenvalue weighted by molar-refractivity contribution is -0.385. The second-order valence-corrected chi connectivity index (χ2v) is 2.65. The van der Waals surface area contributed by atoms with Crippen LogP contribution in [0, 0.1) is 10.1 Å². The Kier molecular flexibility index (Phi) is 3.10. The summed E-state index contributed by atoms with van der Waals surface area (Å²) in [5.74, 6) is 0. The summed E-state index contributed by atoms with van der Waals surface area (Å²) in [5.41, 5.74) is 2.98. The number of aliphatic hydroxyl groups excluding tert-OH is 1. The minimum atomic E-state index is -2.89. The quantitative estimate of drug-likeness (QED) is 0.583. The smallest absolute Gasteiger partial charge is 0.315 e. The predicted octanol–water partition coefficient (Wildman–Crippen LogP) is 1.00. The summed E-state index contributed by atoms with van der Waals surface area (Å²) in [7, 11) is 0. The normalized spacial score (nSPS) is 10.7. The van der Waals surface area contributed by atoms with Crippen molar-refractivity contribution in [3.8, 4) is 0 Å². The van der Waals surface area contributed by atoms with Gasteiger partial charge in [-0.2, -0.15) is 0 Å². The van der Waals surface area contributed by atoms with E-state index in [1.807, 2.05) is 0 Å². The monoisotopic (exact) mass is 219 g/mol. The van der Waals surface area contributed by atoms with Gasteiger partial charge in [-0.15, -0.1) is 0 Å². The predicted molar refractivity (Wildman–Crippen MR) is 46.2 cm³/mol. The highest BCUT2D eigenvalue weighted by atomic mass is 19.3. The summed E-state index contributed by atoms with van der Waals surface area (Å²) in [5, 5.41) is 19.2. The van der Waals surface area contributed by atoms with Crippen molar-refractivity contribution < 1.29 is 18.8 Å².